The third kappa shape index (κ3) is 2.37. The highest BCUT2D eigenvalue weighted by atomic mass is 32.1. The summed E-state index contributed by atoms with van der Waals surface area (Å²) in [6.45, 7) is 6.21. The number of nitrogens with zero attached hydrogens (tertiary/aromatic N) is 4. The molecule has 0 radical (unpaired) electrons. The maximum atomic E-state index is 8.82. The molecule has 2 aromatic heterocycles. The van der Waals surface area contributed by atoms with E-state index in [4.69, 9.17) is 5.11 Å². The number of aromatic nitrogens is 4. The van der Waals surface area contributed by atoms with Crippen molar-refractivity contribution in [3.8, 4) is 5.13 Å². The first-order valence-corrected chi connectivity index (χ1v) is 6.41. The molecule has 2 rings (SSSR count). The first-order chi connectivity index (χ1) is 8.13. The van der Waals surface area contributed by atoms with Gasteiger partial charge >= 0.3 is 0 Å². The van der Waals surface area contributed by atoms with Crippen molar-refractivity contribution in [2.24, 2.45) is 0 Å². The maximum Gasteiger partial charge on any atom is 0.212 e. The third-order valence-electron chi connectivity index (χ3n) is 2.76. The van der Waals surface area contributed by atoms with Crippen LogP contribution >= 0.6 is 11.3 Å². The van der Waals surface area contributed by atoms with Crippen molar-refractivity contribution in [1.82, 2.24) is 20.0 Å². The highest BCUT2D eigenvalue weighted by molar-refractivity contribution is 7.14. The zero-order chi connectivity index (χ0) is 12.4. The van der Waals surface area contributed by atoms with Crippen LogP contribution in [0.15, 0.2) is 0 Å². The van der Waals surface area contributed by atoms with Gasteiger partial charge in [0.05, 0.1) is 17.1 Å². The van der Waals surface area contributed by atoms with Crippen LogP contribution in [-0.2, 0) is 6.42 Å². The zero-order valence-electron chi connectivity index (χ0n) is 10.3. The average Bonchev–Trinajstić information content (AvgIpc) is 2.81. The number of aryl methyl sites for hydroxylation is 3. The lowest BCUT2D eigenvalue weighted by molar-refractivity contribution is 0.288. The Kier molecular flexibility index (Phi) is 3.54. The Balaban J connectivity index is 2.30. The molecule has 0 amide bonds. The summed E-state index contributed by atoms with van der Waals surface area (Å²) in [5.41, 5.74) is 2.98. The molecule has 0 saturated heterocycles. The van der Waals surface area contributed by atoms with Crippen LogP contribution in [0.4, 0.5) is 0 Å². The van der Waals surface area contributed by atoms with Gasteiger partial charge in [0.25, 0.3) is 0 Å². The molecule has 0 aliphatic rings. The van der Waals surface area contributed by atoms with Gasteiger partial charge in [0.15, 0.2) is 0 Å². The van der Waals surface area contributed by atoms with Gasteiger partial charge < -0.3 is 5.11 Å². The Labute approximate surface area is 104 Å². The molecule has 0 fully saturated rings. The quantitative estimate of drug-likeness (QED) is 0.897. The standard InChI is InChI=1S/C11H16N4OS/c1-7-9(3)17-11(12-7)15-8(2)10(13-14-15)5-4-6-16/h16H,4-6H2,1-3H3. The van der Waals surface area contributed by atoms with E-state index in [1.54, 1.807) is 16.0 Å². The van der Waals surface area contributed by atoms with Crippen LogP contribution in [0.1, 0.15) is 28.4 Å². The fraction of sp³-hybridized carbons (Fsp3) is 0.545. The van der Waals surface area contributed by atoms with Gasteiger partial charge in [-0.15, -0.1) is 5.10 Å². The summed E-state index contributed by atoms with van der Waals surface area (Å²) in [6.07, 6.45) is 1.47. The third-order valence-corrected chi connectivity index (χ3v) is 3.81. The van der Waals surface area contributed by atoms with Crippen LogP contribution < -0.4 is 0 Å². The van der Waals surface area contributed by atoms with Crippen molar-refractivity contribution >= 4 is 11.3 Å². The normalized spacial score (nSPS) is 11.1. The molecule has 92 valence electrons. The molecule has 2 heterocycles. The van der Waals surface area contributed by atoms with Crippen molar-refractivity contribution < 1.29 is 5.11 Å². The van der Waals surface area contributed by atoms with E-state index in [2.05, 4.69) is 22.2 Å². The summed E-state index contributed by atoms with van der Waals surface area (Å²) < 4.78 is 1.78. The SMILES string of the molecule is Cc1nc(-n2nnc(CCCO)c2C)sc1C. The first-order valence-electron chi connectivity index (χ1n) is 5.60. The van der Waals surface area contributed by atoms with Crippen molar-refractivity contribution in [1.29, 1.82) is 0 Å². The molecule has 0 aromatic carbocycles. The molecule has 2 aromatic rings. The van der Waals surface area contributed by atoms with Gasteiger partial charge in [0.2, 0.25) is 5.13 Å². The molecular weight excluding hydrogens is 236 g/mol. The van der Waals surface area contributed by atoms with Gasteiger partial charge in [-0.25, -0.2) is 4.98 Å². The minimum atomic E-state index is 0.182. The molecule has 1 N–H and O–H groups in total. The molecule has 0 saturated carbocycles. The van der Waals surface area contributed by atoms with Crippen LogP contribution in [0.25, 0.3) is 5.13 Å². The Morgan fingerprint density at radius 1 is 1.29 bits per heavy atom. The van der Waals surface area contributed by atoms with Gasteiger partial charge in [-0.2, -0.15) is 4.68 Å². The monoisotopic (exact) mass is 252 g/mol. The summed E-state index contributed by atoms with van der Waals surface area (Å²) in [5, 5.41) is 17.9. The highest BCUT2D eigenvalue weighted by Gasteiger charge is 2.13. The fourth-order valence-electron chi connectivity index (χ4n) is 1.57. The molecule has 0 aliphatic heterocycles. The van der Waals surface area contributed by atoms with E-state index in [0.717, 1.165) is 35.1 Å². The Morgan fingerprint density at radius 3 is 2.65 bits per heavy atom. The van der Waals surface area contributed by atoms with Gasteiger partial charge in [-0.1, -0.05) is 16.6 Å². The van der Waals surface area contributed by atoms with E-state index >= 15 is 0 Å². The summed E-state index contributed by atoms with van der Waals surface area (Å²) in [6, 6.07) is 0. The number of aliphatic hydroxyl groups is 1. The Bertz CT molecular complexity index is 498. The van der Waals surface area contributed by atoms with Crippen LogP contribution in [0, 0.1) is 20.8 Å². The van der Waals surface area contributed by atoms with E-state index in [0.29, 0.717) is 0 Å². The summed E-state index contributed by atoms with van der Waals surface area (Å²) >= 11 is 1.62. The predicted octanol–water partition coefficient (Wildman–Crippen LogP) is 1.57. The number of hydrogen-bond donors (Lipinski definition) is 1. The summed E-state index contributed by atoms with van der Waals surface area (Å²) in [5.74, 6) is 0. The molecule has 0 atom stereocenters. The Morgan fingerprint density at radius 2 is 2.06 bits per heavy atom. The van der Waals surface area contributed by atoms with Crippen LogP contribution in [0.2, 0.25) is 0 Å². The smallest absolute Gasteiger partial charge is 0.212 e. The van der Waals surface area contributed by atoms with E-state index < -0.39 is 0 Å². The fourth-order valence-corrected chi connectivity index (χ4v) is 2.48. The topological polar surface area (TPSA) is 63.8 Å². The van der Waals surface area contributed by atoms with E-state index in [1.807, 2.05) is 13.8 Å². The molecule has 0 spiro atoms. The summed E-state index contributed by atoms with van der Waals surface area (Å²) in [4.78, 5) is 5.67. The number of aliphatic hydroxyl groups excluding tert-OH is 1. The van der Waals surface area contributed by atoms with Gasteiger partial charge in [0.1, 0.15) is 0 Å². The van der Waals surface area contributed by atoms with Gasteiger partial charge in [-0.3, -0.25) is 0 Å². The molecule has 5 nitrogen and oxygen atoms in total. The van der Waals surface area contributed by atoms with Crippen LogP contribution in [0.3, 0.4) is 0 Å². The lowest BCUT2D eigenvalue weighted by Crippen LogP contribution is -1.99. The van der Waals surface area contributed by atoms with Gasteiger partial charge in [-0.05, 0) is 33.6 Å². The number of hydrogen-bond acceptors (Lipinski definition) is 5. The Hall–Kier alpha value is -1.27. The first kappa shape index (κ1) is 12.2. The lowest BCUT2D eigenvalue weighted by Gasteiger charge is -1.98. The minimum Gasteiger partial charge on any atom is -0.396 e. The van der Waals surface area contributed by atoms with Crippen molar-refractivity contribution in [2.75, 3.05) is 6.61 Å². The lowest BCUT2D eigenvalue weighted by atomic mass is 10.2. The number of rotatable bonds is 4. The molecule has 0 unspecified atom stereocenters. The van der Waals surface area contributed by atoms with Crippen LogP contribution in [0.5, 0.6) is 0 Å². The second kappa shape index (κ2) is 4.93. The molecule has 0 aliphatic carbocycles. The van der Waals surface area contributed by atoms with E-state index in [-0.39, 0.29) is 6.61 Å². The zero-order valence-corrected chi connectivity index (χ0v) is 11.1. The minimum absolute atomic E-state index is 0.182. The van der Waals surface area contributed by atoms with E-state index in [1.165, 1.54) is 4.88 Å². The van der Waals surface area contributed by atoms with Crippen LogP contribution in [-0.4, -0.2) is 31.7 Å². The predicted molar refractivity (Wildman–Crippen MR) is 66.6 cm³/mol. The second-order valence-corrected chi connectivity index (χ2v) is 5.18. The number of thiazole rings is 1. The highest BCUT2D eigenvalue weighted by Crippen LogP contribution is 2.21. The average molecular weight is 252 g/mol. The van der Waals surface area contributed by atoms with E-state index in [9.17, 15) is 0 Å². The summed E-state index contributed by atoms with van der Waals surface area (Å²) in [7, 11) is 0. The maximum absolute atomic E-state index is 8.82. The molecular formula is C11H16N4OS. The molecule has 6 heteroatoms. The van der Waals surface area contributed by atoms with Gasteiger partial charge in [0, 0.05) is 11.5 Å². The molecule has 0 bridgehead atoms. The molecule has 17 heavy (non-hydrogen) atoms. The largest absolute Gasteiger partial charge is 0.396 e. The second-order valence-electron chi connectivity index (χ2n) is 4.00. The van der Waals surface area contributed by atoms with Crippen molar-refractivity contribution in [2.45, 2.75) is 33.6 Å². The van der Waals surface area contributed by atoms with Crippen molar-refractivity contribution in [3.63, 3.8) is 0 Å². The van der Waals surface area contributed by atoms with Crippen molar-refractivity contribution in [3.05, 3.63) is 22.0 Å².